The molecule has 1 unspecified atom stereocenters. The Bertz CT molecular complexity index is 1490. The Hall–Kier alpha value is -3.30. The predicted molar refractivity (Wildman–Crippen MR) is 117 cm³/mol. The molecule has 33 heavy (non-hydrogen) atoms. The van der Waals surface area contributed by atoms with Crippen molar-refractivity contribution in [3.05, 3.63) is 42.0 Å². The van der Waals surface area contributed by atoms with Gasteiger partial charge in [0.2, 0.25) is 0 Å². The molecule has 0 saturated carbocycles. The Morgan fingerprint density at radius 1 is 0.909 bits per heavy atom. The van der Waals surface area contributed by atoms with E-state index in [-0.39, 0.29) is 33.6 Å². The van der Waals surface area contributed by atoms with Gasteiger partial charge in [-0.25, -0.2) is 0 Å². The number of azo groups is 1. The SMILES string of the molecule is Cc1cc(N)c(OC(C)O)cc1N=Nc1cc(S(=O)(=O)O)cc2cc(S(=O)(=O)O)cc(O)c12. The first kappa shape index (κ1) is 24.3. The van der Waals surface area contributed by atoms with E-state index in [1.807, 2.05) is 0 Å². The van der Waals surface area contributed by atoms with Crippen LogP contribution in [-0.4, -0.2) is 42.4 Å². The summed E-state index contributed by atoms with van der Waals surface area (Å²) >= 11 is 0. The van der Waals surface area contributed by atoms with Gasteiger partial charge >= 0.3 is 0 Å². The average molecular weight is 498 g/mol. The number of nitrogens with zero attached hydrogens (tertiary/aromatic N) is 2. The highest BCUT2D eigenvalue weighted by atomic mass is 32.2. The van der Waals surface area contributed by atoms with Crippen LogP contribution in [0.3, 0.4) is 0 Å². The first-order valence-corrected chi connectivity index (χ1v) is 12.0. The summed E-state index contributed by atoms with van der Waals surface area (Å²) in [5, 5.41) is 27.5. The van der Waals surface area contributed by atoms with Crippen LogP contribution < -0.4 is 10.5 Å². The molecule has 14 heteroatoms. The Labute approximate surface area is 188 Å². The van der Waals surface area contributed by atoms with Gasteiger partial charge in [-0.2, -0.15) is 21.9 Å². The molecular weight excluding hydrogens is 478 g/mol. The number of phenolic OH excluding ortho intramolecular Hbond substituents is 1. The lowest BCUT2D eigenvalue weighted by molar-refractivity contribution is 0.000298. The zero-order valence-electron chi connectivity index (χ0n) is 17.2. The summed E-state index contributed by atoms with van der Waals surface area (Å²) in [6.45, 7) is 3.02. The number of anilines is 1. The molecule has 0 bridgehead atoms. The van der Waals surface area contributed by atoms with Crippen molar-refractivity contribution in [2.24, 2.45) is 10.2 Å². The minimum absolute atomic E-state index is 0.0906. The standard InChI is InChI=1S/C19H19N3O9S2/c1-9-3-14(20)18(31-10(2)23)8-15(9)21-22-16-6-12(32(25,26)27)4-11-5-13(33(28,29)30)7-17(24)19(11)16/h3-8,10,23-24H,20H2,1-2H3,(H,25,26,27)(H,28,29,30). The van der Waals surface area contributed by atoms with Crippen molar-refractivity contribution in [3.8, 4) is 11.5 Å². The molecule has 0 radical (unpaired) electrons. The minimum atomic E-state index is -4.75. The number of aryl methyl sites for hydroxylation is 1. The zero-order chi connectivity index (χ0) is 24.7. The van der Waals surface area contributed by atoms with Crippen LogP contribution in [0.15, 0.2) is 56.4 Å². The van der Waals surface area contributed by atoms with E-state index in [4.69, 9.17) is 10.5 Å². The molecule has 176 valence electrons. The summed E-state index contributed by atoms with van der Waals surface area (Å²) in [4.78, 5) is -1.35. The molecular formula is C19H19N3O9S2. The van der Waals surface area contributed by atoms with E-state index in [1.54, 1.807) is 6.92 Å². The first-order chi connectivity index (χ1) is 15.2. The van der Waals surface area contributed by atoms with Crippen LogP contribution in [0.5, 0.6) is 11.5 Å². The maximum atomic E-state index is 11.7. The Balaban J connectivity index is 2.25. The van der Waals surface area contributed by atoms with Gasteiger partial charge in [0.15, 0.2) is 6.29 Å². The molecule has 12 nitrogen and oxygen atoms in total. The second-order valence-electron chi connectivity index (χ2n) is 7.03. The third kappa shape index (κ3) is 5.37. The van der Waals surface area contributed by atoms with Crippen LogP contribution in [-0.2, 0) is 20.2 Å². The zero-order valence-corrected chi connectivity index (χ0v) is 18.8. The molecule has 3 aromatic rings. The number of nitrogens with two attached hydrogens (primary N) is 1. The Morgan fingerprint density at radius 2 is 1.45 bits per heavy atom. The second kappa shape index (κ2) is 8.57. The van der Waals surface area contributed by atoms with Gasteiger partial charge in [-0.15, -0.1) is 5.11 Å². The molecule has 0 amide bonds. The highest BCUT2D eigenvalue weighted by Gasteiger charge is 2.20. The first-order valence-electron chi connectivity index (χ1n) is 9.09. The molecule has 0 aliphatic heterocycles. The fourth-order valence-electron chi connectivity index (χ4n) is 2.99. The van der Waals surface area contributed by atoms with Crippen molar-refractivity contribution in [2.45, 2.75) is 29.9 Å². The molecule has 3 rings (SSSR count). The van der Waals surface area contributed by atoms with E-state index in [0.29, 0.717) is 5.56 Å². The number of benzene rings is 3. The van der Waals surface area contributed by atoms with Crippen LogP contribution in [0, 0.1) is 6.92 Å². The van der Waals surface area contributed by atoms with E-state index in [9.17, 15) is 36.2 Å². The molecule has 0 heterocycles. The lowest BCUT2D eigenvalue weighted by Crippen LogP contribution is -2.10. The number of aromatic hydroxyl groups is 1. The largest absolute Gasteiger partial charge is 0.507 e. The summed E-state index contributed by atoms with van der Waals surface area (Å²) in [7, 11) is -9.48. The molecule has 6 N–H and O–H groups in total. The Kier molecular flexibility index (Phi) is 6.32. The highest BCUT2D eigenvalue weighted by molar-refractivity contribution is 7.86. The molecule has 0 aliphatic rings. The molecule has 0 spiro atoms. The normalized spacial score (nSPS) is 13.5. The second-order valence-corrected chi connectivity index (χ2v) is 9.87. The monoisotopic (exact) mass is 497 g/mol. The lowest BCUT2D eigenvalue weighted by atomic mass is 10.1. The van der Waals surface area contributed by atoms with Gasteiger partial charge in [0.05, 0.1) is 32.2 Å². The third-order valence-corrected chi connectivity index (χ3v) is 6.10. The van der Waals surface area contributed by atoms with E-state index in [0.717, 1.165) is 24.3 Å². The minimum Gasteiger partial charge on any atom is -0.507 e. The molecule has 0 aromatic heterocycles. The van der Waals surface area contributed by atoms with Crippen LogP contribution in [0.25, 0.3) is 10.8 Å². The van der Waals surface area contributed by atoms with Gasteiger partial charge in [0, 0.05) is 12.1 Å². The van der Waals surface area contributed by atoms with Crippen LogP contribution in [0.1, 0.15) is 12.5 Å². The van der Waals surface area contributed by atoms with Crippen molar-refractivity contribution in [2.75, 3.05) is 5.73 Å². The van der Waals surface area contributed by atoms with E-state index >= 15 is 0 Å². The van der Waals surface area contributed by atoms with Gasteiger partial charge in [-0.1, -0.05) is 0 Å². The van der Waals surface area contributed by atoms with Crippen LogP contribution >= 0.6 is 0 Å². The number of ether oxygens (including phenoxy) is 1. The van der Waals surface area contributed by atoms with E-state index in [1.165, 1.54) is 19.1 Å². The number of phenols is 1. The van der Waals surface area contributed by atoms with Crippen molar-refractivity contribution >= 4 is 48.1 Å². The number of aliphatic hydroxyl groups excluding tert-OH is 1. The van der Waals surface area contributed by atoms with Gasteiger partial charge in [-0.3, -0.25) is 9.11 Å². The van der Waals surface area contributed by atoms with E-state index < -0.39 is 42.1 Å². The summed E-state index contributed by atoms with van der Waals surface area (Å²) in [6, 6.07) is 6.38. The van der Waals surface area contributed by atoms with Crippen molar-refractivity contribution in [3.63, 3.8) is 0 Å². The van der Waals surface area contributed by atoms with Gasteiger partial charge in [0.25, 0.3) is 20.2 Å². The third-order valence-electron chi connectivity index (χ3n) is 4.44. The Morgan fingerprint density at radius 3 is 2.00 bits per heavy atom. The molecule has 0 saturated heterocycles. The number of hydrogen-bond donors (Lipinski definition) is 5. The predicted octanol–water partition coefficient (Wildman–Crippen LogP) is 3.06. The number of nitrogen functional groups attached to an aromatic ring is 1. The fraction of sp³-hybridized carbons (Fsp3) is 0.158. The molecule has 3 aromatic carbocycles. The maximum Gasteiger partial charge on any atom is 0.294 e. The van der Waals surface area contributed by atoms with Crippen molar-refractivity contribution in [1.82, 2.24) is 0 Å². The van der Waals surface area contributed by atoms with Crippen LogP contribution in [0.4, 0.5) is 17.1 Å². The van der Waals surface area contributed by atoms with Crippen molar-refractivity contribution in [1.29, 1.82) is 0 Å². The van der Waals surface area contributed by atoms with Gasteiger partial charge in [-0.05, 0) is 49.1 Å². The number of aliphatic hydroxyl groups is 1. The number of rotatable bonds is 6. The van der Waals surface area contributed by atoms with E-state index in [2.05, 4.69) is 10.2 Å². The highest BCUT2D eigenvalue weighted by Crippen LogP contribution is 2.39. The summed E-state index contributed by atoms with van der Waals surface area (Å²) in [5.74, 6) is -0.523. The smallest absolute Gasteiger partial charge is 0.294 e. The van der Waals surface area contributed by atoms with Gasteiger partial charge < -0.3 is 20.7 Å². The quantitative estimate of drug-likeness (QED) is 0.145. The molecule has 0 aliphatic carbocycles. The molecule has 1 atom stereocenters. The summed E-state index contributed by atoms with van der Waals surface area (Å²) in [6.07, 6.45) is -1.16. The lowest BCUT2D eigenvalue weighted by Gasteiger charge is -2.13. The van der Waals surface area contributed by atoms with Gasteiger partial charge in [0.1, 0.15) is 11.5 Å². The summed E-state index contributed by atoms with van der Waals surface area (Å²) < 4.78 is 70.3. The number of fused-ring (bicyclic) bond motifs is 1. The summed E-state index contributed by atoms with van der Waals surface area (Å²) in [5.41, 5.74) is 6.61. The van der Waals surface area contributed by atoms with Crippen molar-refractivity contribution < 1.29 is 40.9 Å². The maximum absolute atomic E-state index is 11.7. The topological polar surface area (TPSA) is 209 Å². The molecule has 0 fully saturated rings. The van der Waals surface area contributed by atoms with Crippen LogP contribution in [0.2, 0.25) is 0 Å². The number of hydrogen-bond acceptors (Lipinski definition) is 10. The fourth-order valence-corrected chi connectivity index (χ4v) is 4.07. The average Bonchev–Trinajstić information content (AvgIpc) is 2.66.